The third kappa shape index (κ3) is 3.78. The smallest absolute Gasteiger partial charge is 0.356 e. The number of hydrogen-bond acceptors (Lipinski definition) is 3. The minimum Gasteiger partial charge on any atom is -0.356 e. The first-order chi connectivity index (χ1) is 8.55. The van der Waals surface area contributed by atoms with Crippen LogP contribution in [-0.4, -0.2) is 31.8 Å². The van der Waals surface area contributed by atoms with Crippen molar-refractivity contribution >= 4 is 5.96 Å². The van der Waals surface area contributed by atoms with Crippen molar-refractivity contribution in [3.05, 3.63) is 0 Å². The molecule has 0 bridgehead atoms. The van der Waals surface area contributed by atoms with Crippen LogP contribution in [0, 0.1) is 11.8 Å². The molecule has 3 nitrogen and oxygen atoms in total. The van der Waals surface area contributed by atoms with Crippen molar-refractivity contribution in [1.82, 2.24) is 10.6 Å². The highest BCUT2D eigenvalue weighted by molar-refractivity contribution is 5.80. The van der Waals surface area contributed by atoms with Crippen LogP contribution in [0.3, 0.4) is 0 Å². The van der Waals surface area contributed by atoms with E-state index >= 15 is 0 Å². The maximum absolute atomic E-state index is 12.5. The summed E-state index contributed by atoms with van der Waals surface area (Å²) in [5.74, 6) is 0.0631. The Balaban J connectivity index is 1.69. The molecule has 2 rings (SSSR count). The van der Waals surface area contributed by atoms with E-state index in [-0.39, 0.29) is 12.8 Å². The molecule has 0 saturated heterocycles. The molecule has 2 aliphatic rings. The molecule has 0 spiro atoms. The number of alkyl halides is 3. The molecule has 0 atom stereocenters. The summed E-state index contributed by atoms with van der Waals surface area (Å²) in [6, 6.07) is 0. The van der Waals surface area contributed by atoms with Crippen LogP contribution in [0.5, 0.6) is 0 Å². The second-order valence-corrected chi connectivity index (χ2v) is 5.15. The fourth-order valence-electron chi connectivity index (χ4n) is 2.59. The van der Waals surface area contributed by atoms with Gasteiger partial charge in [-0.25, -0.2) is 0 Å². The largest absolute Gasteiger partial charge is 0.391 e. The number of nitrogens with zero attached hydrogens (tertiary/aromatic N) is 1. The summed E-state index contributed by atoms with van der Waals surface area (Å²) in [6.07, 6.45) is -1.10. The standard InChI is InChI=1S/C12H20F3N3/c13-12(14,15)10-4-2-9(3-5-10)8-18-11-16-6-1-7-17-11/h9-10H,1-8H2,(H2,16,17,18). The van der Waals surface area contributed by atoms with Crippen LogP contribution in [0.15, 0.2) is 4.99 Å². The zero-order valence-corrected chi connectivity index (χ0v) is 10.4. The van der Waals surface area contributed by atoms with Gasteiger partial charge in [-0.3, -0.25) is 4.99 Å². The third-order valence-electron chi connectivity index (χ3n) is 3.77. The number of guanidine groups is 1. The fourth-order valence-corrected chi connectivity index (χ4v) is 2.59. The maximum atomic E-state index is 12.5. The predicted octanol–water partition coefficient (Wildman–Crippen LogP) is 2.29. The van der Waals surface area contributed by atoms with Gasteiger partial charge < -0.3 is 10.6 Å². The SMILES string of the molecule is FC(F)(F)C1CCC(CNC2=NCCCN2)CC1. The molecule has 1 saturated carbocycles. The first-order valence-corrected chi connectivity index (χ1v) is 6.64. The Bertz CT molecular complexity index is 293. The van der Waals surface area contributed by atoms with Gasteiger partial charge in [0, 0.05) is 19.6 Å². The number of rotatable bonds is 2. The molecule has 1 aliphatic carbocycles. The summed E-state index contributed by atoms with van der Waals surface area (Å²) in [4.78, 5) is 4.28. The van der Waals surface area contributed by atoms with Gasteiger partial charge in [0.2, 0.25) is 0 Å². The first-order valence-electron chi connectivity index (χ1n) is 6.64. The van der Waals surface area contributed by atoms with E-state index < -0.39 is 12.1 Å². The number of halogens is 3. The molecule has 0 aromatic heterocycles. The molecule has 0 aromatic carbocycles. The lowest BCUT2D eigenvalue weighted by atomic mass is 9.81. The van der Waals surface area contributed by atoms with Crippen molar-refractivity contribution in [2.45, 2.75) is 38.3 Å². The Hall–Kier alpha value is -0.940. The van der Waals surface area contributed by atoms with Crippen molar-refractivity contribution in [2.75, 3.05) is 19.6 Å². The van der Waals surface area contributed by atoms with Gasteiger partial charge in [0.05, 0.1) is 5.92 Å². The Labute approximate surface area is 105 Å². The van der Waals surface area contributed by atoms with E-state index in [4.69, 9.17) is 0 Å². The van der Waals surface area contributed by atoms with Crippen LogP contribution in [0.25, 0.3) is 0 Å². The molecule has 0 aromatic rings. The van der Waals surface area contributed by atoms with Crippen molar-refractivity contribution in [3.8, 4) is 0 Å². The van der Waals surface area contributed by atoms with Gasteiger partial charge in [0.25, 0.3) is 0 Å². The summed E-state index contributed by atoms with van der Waals surface area (Å²) in [7, 11) is 0. The van der Waals surface area contributed by atoms with Crippen LogP contribution in [0.4, 0.5) is 13.2 Å². The monoisotopic (exact) mass is 263 g/mol. The highest BCUT2D eigenvalue weighted by atomic mass is 19.4. The van der Waals surface area contributed by atoms with E-state index in [0.29, 0.717) is 18.8 Å². The van der Waals surface area contributed by atoms with Crippen molar-refractivity contribution in [1.29, 1.82) is 0 Å². The highest BCUT2D eigenvalue weighted by Gasteiger charge is 2.41. The third-order valence-corrected chi connectivity index (χ3v) is 3.77. The molecule has 1 heterocycles. The molecule has 104 valence electrons. The Morgan fingerprint density at radius 3 is 2.50 bits per heavy atom. The zero-order valence-electron chi connectivity index (χ0n) is 10.4. The molecular weight excluding hydrogens is 243 g/mol. The van der Waals surface area contributed by atoms with Gasteiger partial charge in [0.1, 0.15) is 0 Å². The van der Waals surface area contributed by atoms with Crippen LogP contribution in [0.2, 0.25) is 0 Å². The summed E-state index contributed by atoms with van der Waals surface area (Å²) in [6.45, 7) is 2.49. The predicted molar refractivity (Wildman–Crippen MR) is 64.4 cm³/mol. The highest BCUT2D eigenvalue weighted by Crippen LogP contribution is 2.39. The Kier molecular flexibility index (Phi) is 4.35. The van der Waals surface area contributed by atoms with Gasteiger partial charge in [-0.15, -0.1) is 0 Å². The molecule has 6 heteroatoms. The summed E-state index contributed by atoms with van der Waals surface area (Å²) in [5, 5.41) is 6.35. The number of nitrogens with one attached hydrogen (secondary N) is 2. The number of aliphatic imine (C=N–C) groups is 1. The summed E-state index contributed by atoms with van der Waals surface area (Å²) < 4.78 is 37.5. The molecule has 18 heavy (non-hydrogen) atoms. The van der Waals surface area contributed by atoms with Gasteiger partial charge in [0.15, 0.2) is 5.96 Å². The van der Waals surface area contributed by atoms with Crippen LogP contribution in [0.1, 0.15) is 32.1 Å². The molecule has 1 fully saturated rings. The topological polar surface area (TPSA) is 36.4 Å². The first kappa shape index (κ1) is 13.5. The second kappa shape index (κ2) is 5.80. The normalized spacial score (nSPS) is 29.4. The average molecular weight is 263 g/mol. The quantitative estimate of drug-likeness (QED) is 0.802. The Morgan fingerprint density at radius 2 is 1.94 bits per heavy atom. The van der Waals surface area contributed by atoms with Gasteiger partial charge in [-0.05, 0) is 38.0 Å². The van der Waals surface area contributed by atoms with E-state index in [1.165, 1.54) is 0 Å². The molecule has 2 N–H and O–H groups in total. The van der Waals surface area contributed by atoms with E-state index in [1.54, 1.807) is 0 Å². The van der Waals surface area contributed by atoms with Crippen LogP contribution in [-0.2, 0) is 0 Å². The van der Waals surface area contributed by atoms with Crippen LogP contribution >= 0.6 is 0 Å². The van der Waals surface area contributed by atoms with Gasteiger partial charge in [-0.2, -0.15) is 13.2 Å². The molecule has 0 radical (unpaired) electrons. The van der Waals surface area contributed by atoms with Crippen molar-refractivity contribution in [2.24, 2.45) is 16.8 Å². The summed E-state index contributed by atoms with van der Waals surface area (Å²) in [5.41, 5.74) is 0. The number of hydrogen-bond donors (Lipinski definition) is 2. The molecular formula is C12H20F3N3. The van der Waals surface area contributed by atoms with Crippen molar-refractivity contribution < 1.29 is 13.2 Å². The average Bonchev–Trinajstić information content (AvgIpc) is 2.37. The lowest BCUT2D eigenvalue weighted by Gasteiger charge is -2.30. The lowest BCUT2D eigenvalue weighted by molar-refractivity contribution is -0.183. The Morgan fingerprint density at radius 1 is 1.22 bits per heavy atom. The molecule has 0 amide bonds. The zero-order chi connectivity index (χ0) is 13.0. The lowest BCUT2D eigenvalue weighted by Crippen LogP contribution is -2.43. The van der Waals surface area contributed by atoms with E-state index in [1.807, 2.05) is 0 Å². The van der Waals surface area contributed by atoms with Crippen molar-refractivity contribution in [3.63, 3.8) is 0 Å². The van der Waals surface area contributed by atoms with Gasteiger partial charge in [-0.1, -0.05) is 0 Å². The molecule has 0 unspecified atom stereocenters. The summed E-state index contributed by atoms with van der Waals surface area (Å²) >= 11 is 0. The minimum absolute atomic E-state index is 0.274. The van der Waals surface area contributed by atoms with E-state index in [0.717, 1.165) is 32.0 Å². The van der Waals surface area contributed by atoms with E-state index in [2.05, 4.69) is 15.6 Å². The van der Waals surface area contributed by atoms with Crippen LogP contribution < -0.4 is 10.6 Å². The maximum Gasteiger partial charge on any atom is 0.391 e. The van der Waals surface area contributed by atoms with E-state index in [9.17, 15) is 13.2 Å². The molecule has 1 aliphatic heterocycles. The second-order valence-electron chi connectivity index (χ2n) is 5.15. The van der Waals surface area contributed by atoms with Gasteiger partial charge >= 0.3 is 6.18 Å². The fraction of sp³-hybridized carbons (Fsp3) is 0.917. The minimum atomic E-state index is -4.01.